The highest BCUT2D eigenvalue weighted by atomic mass is 35.5. The molecule has 1 rings (SSSR count). The van der Waals surface area contributed by atoms with Crippen molar-refractivity contribution < 1.29 is 4.74 Å². The van der Waals surface area contributed by atoms with Crippen LogP contribution in [0, 0.1) is 0 Å². The van der Waals surface area contributed by atoms with E-state index in [2.05, 4.69) is 42.5 Å². The molecule has 0 aliphatic rings. The number of hydrogen-bond acceptors (Lipinski definition) is 2. The molecule has 1 aromatic rings. The first-order valence-electron chi connectivity index (χ1n) is 7.12. The molecule has 21 heavy (non-hydrogen) atoms. The summed E-state index contributed by atoms with van der Waals surface area (Å²) in [5.41, 5.74) is 1.03. The second-order valence-corrected chi connectivity index (χ2v) is 6.20. The van der Waals surface area contributed by atoms with Crippen LogP contribution in [0.2, 0.25) is 5.02 Å². The molecule has 0 saturated carbocycles. The van der Waals surface area contributed by atoms with Crippen molar-refractivity contribution in [1.29, 1.82) is 0 Å². The number of ether oxygens (including phenoxy) is 1. The Labute approximate surface area is 132 Å². The highest BCUT2D eigenvalue weighted by Crippen LogP contribution is 2.28. The molecule has 0 aliphatic carbocycles. The predicted molar refractivity (Wildman–Crippen MR) is 90.3 cm³/mol. The zero-order valence-electron chi connectivity index (χ0n) is 13.5. The minimum Gasteiger partial charge on any atom is -0.383 e. The Morgan fingerprint density at radius 3 is 2.62 bits per heavy atom. The largest absolute Gasteiger partial charge is 0.383 e. The van der Waals surface area contributed by atoms with Gasteiger partial charge in [-0.1, -0.05) is 43.6 Å². The van der Waals surface area contributed by atoms with Crippen LogP contribution in [0.5, 0.6) is 0 Å². The fourth-order valence-corrected chi connectivity index (χ4v) is 2.52. The molecule has 0 amide bonds. The molecular formula is C16H26ClN3O. The van der Waals surface area contributed by atoms with Gasteiger partial charge in [-0.05, 0) is 18.6 Å². The van der Waals surface area contributed by atoms with Gasteiger partial charge in [0.15, 0.2) is 5.96 Å². The highest BCUT2D eigenvalue weighted by Gasteiger charge is 2.23. The summed E-state index contributed by atoms with van der Waals surface area (Å²) in [5.74, 6) is 0.764. The number of aliphatic imine (C=N–C) groups is 1. The van der Waals surface area contributed by atoms with E-state index in [4.69, 9.17) is 16.3 Å². The fraction of sp³-hybridized carbons (Fsp3) is 0.562. The number of nitrogens with one attached hydrogen (secondary N) is 2. The smallest absolute Gasteiger partial charge is 0.191 e. The molecule has 0 radical (unpaired) electrons. The number of rotatable bonds is 6. The molecule has 1 unspecified atom stereocenters. The Balaban J connectivity index is 2.65. The summed E-state index contributed by atoms with van der Waals surface area (Å²) >= 11 is 6.29. The molecule has 0 fully saturated rings. The maximum Gasteiger partial charge on any atom is 0.191 e. The lowest BCUT2D eigenvalue weighted by atomic mass is 9.84. The van der Waals surface area contributed by atoms with Gasteiger partial charge in [-0.15, -0.1) is 0 Å². The lowest BCUT2D eigenvalue weighted by Crippen LogP contribution is -2.47. The van der Waals surface area contributed by atoms with Crippen molar-refractivity contribution in [2.75, 3.05) is 27.3 Å². The van der Waals surface area contributed by atoms with E-state index in [0.29, 0.717) is 6.61 Å². The molecule has 0 aliphatic heterocycles. The lowest BCUT2D eigenvalue weighted by Gasteiger charge is -2.28. The van der Waals surface area contributed by atoms with Crippen LogP contribution in [0.15, 0.2) is 29.3 Å². The Kier molecular flexibility index (Phi) is 6.99. The molecule has 0 heterocycles. The van der Waals surface area contributed by atoms with Gasteiger partial charge in [0.1, 0.15) is 0 Å². The van der Waals surface area contributed by atoms with Crippen molar-refractivity contribution in [1.82, 2.24) is 10.6 Å². The normalized spacial score (nSPS) is 13.9. The summed E-state index contributed by atoms with van der Waals surface area (Å²) < 4.78 is 5.12. The van der Waals surface area contributed by atoms with Gasteiger partial charge in [0.05, 0.1) is 6.61 Å². The molecule has 0 spiro atoms. The third-order valence-electron chi connectivity index (χ3n) is 3.32. The maximum absolute atomic E-state index is 6.29. The second-order valence-electron chi connectivity index (χ2n) is 5.79. The quantitative estimate of drug-likeness (QED) is 0.627. The van der Waals surface area contributed by atoms with Crippen LogP contribution in [0.25, 0.3) is 0 Å². The van der Waals surface area contributed by atoms with E-state index in [1.807, 2.05) is 18.2 Å². The molecule has 0 saturated heterocycles. The Morgan fingerprint density at radius 1 is 1.38 bits per heavy atom. The summed E-state index contributed by atoms with van der Waals surface area (Å²) in [4.78, 5) is 4.24. The zero-order chi connectivity index (χ0) is 15.9. The van der Waals surface area contributed by atoms with E-state index in [-0.39, 0.29) is 11.5 Å². The Hall–Kier alpha value is -1.26. The Morgan fingerprint density at radius 2 is 2.05 bits per heavy atom. The van der Waals surface area contributed by atoms with Crippen molar-refractivity contribution in [2.24, 2.45) is 4.99 Å². The summed E-state index contributed by atoms with van der Waals surface area (Å²) in [7, 11) is 3.45. The third-order valence-corrected chi connectivity index (χ3v) is 3.65. The second kappa shape index (κ2) is 8.25. The van der Waals surface area contributed by atoms with E-state index in [1.165, 1.54) is 0 Å². The van der Waals surface area contributed by atoms with E-state index in [1.54, 1.807) is 14.2 Å². The molecule has 1 aromatic carbocycles. The van der Waals surface area contributed by atoms with Gasteiger partial charge >= 0.3 is 0 Å². The Bertz CT molecular complexity index is 474. The van der Waals surface area contributed by atoms with Crippen LogP contribution in [-0.4, -0.2) is 39.3 Å². The minimum absolute atomic E-state index is 0.0968. The first-order chi connectivity index (χ1) is 9.90. The first kappa shape index (κ1) is 17.8. The van der Waals surface area contributed by atoms with Crippen LogP contribution in [0.4, 0.5) is 0 Å². The van der Waals surface area contributed by atoms with Crippen molar-refractivity contribution in [3.63, 3.8) is 0 Å². The predicted octanol–water partition coefficient (Wildman–Crippen LogP) is 2.82. The number of methoxy groups -OCH3 is 1. The fourth-order valence-electron chi connectivity index (χ4n) is 2.13. The number of guanidine groups is 1. The van der Waals surface area contributed by atoms with Crippen molar-refractivity contribution in [2.45, 2.75) is 32.2 Å². The van der Waals surface area contributed by atoms with Gasteiger partial charge in [0, 0.05) is 37.2 Å². The SMILES string of the molecule is CN=C(NCC(C)(C)c1ccccc1Cl)NC(C)COC. The van der Waals surface area contributed by atoms with Gasteiger partial charge in [0.2, 0.25) is 0 Å². The van der Waals surface area contributed by atoms with Crippen LogP contribution >= 0.6 is 11.6 Å². The van der Waals surface area contributed by atoms with Gasteiger partial charge < -0.3 is 15.4 Å². The average Bonchev–Trinajstić information content (AvgIpc) is 2.44. The summed E-state index contributed by atoms with van der Waals surface area (Å²) in [6.45, 7) is 7.74. The zero-order valence-corrected chi connectivity index (χ0v) is 14.3. The molecule has 1 atom stereocenters. The molecule has 5 heteroatoms. The molecule has 2 N–H and O–H groups in total. The van der Waals surface area contributed by atoms with E-state index < -0.39 is 0 Å². The van der Waals surface area contributed by atoms with Crippen LogP contribution in [0.3, 0.4) is 0 Å². The van der Waals surface area contributed by atoms with E-state index >= 15 is 0 Å². The maximum atomic E-state index is 6.29. The molecule has 0 aromatic heterocycles. The van der Waals surface area contributed by atoms with Gasteiger partial charge in [-0.25, -0.2) is 0 Å². The number of hydrogen-bond donors (Lipinski definition) is 2. The minimum atomic E-state index is -0.0968. The standard InChI is InChI=1S/C16H26ClN3O/c1-12(10-21-5)20-15(18-4)19-11-16(2,3)13-8-6-7-9-14(13)17/h6-9,12H,10-11H2,1-5H3,(H2,18,19,20). The summed E-state index contributed by atoms with van der Waals surface area (Å²) in [6, 6.07) is 8.14. The molecular weight excluding hydrogens is 286 g/mol. The van der Waals surface area contributed by atoms with Crippen molar-refractivity contribution in [3.8, 4) is 0 Å². The topological polar surface area (TPSA) is 45.7 Å². The third kappa shape index (κ3) is 5.56. The van der Waals surface area contributed by atoms with Gasteiger partial charge in [-0.3, -0.25) is 4.99 Å². The number of halogens is 1. The number of benzene rings is 1. The molecule has 4 nitrogen and oxygen atoms in total. The van der Waals surface area contributed by atoms with E-state index in [9.17, 15) is 0 Å². The summed E-state index contributed by atoms with van der Waals surface area (Å²) in [6.07, 6.45) is 0. The lowest BCUT2D eigenvalue weighted by molar-refractivity contribution is 0.179. The van der Waals surface area contributed by atoms with Crippen LogP contribution in [-0.2, 0) is 10.2 Å². The number of nitrogens with zero attached hydrogens (tertiary/aromatic N) is 1. The van der Waals surface area contributed by atoms with Crippen LogP contribution < -0.4 is 10.6 Å². The van der Waals surface area contributed by atoms with Crippen molar-refractivity contribution >= 4 is 17.6 Å². The molecule has 0 bridgehead atoms. The first-order valence-corrected chi connectivity index (χ1v) is 7.49. The average molecular weight is 312 g/mol. The highest BCUT2D eigenvalue weighted by molar-refractivity contribution is 6.31. The van der Waals surface area contributed by atoms with Gasteiger partial charge in [0.25, 0.3) is 0 Å². The molecule has 118 valence electrons. The summed E-state index contributed by atoms with van der Waals surface area (Å²) in [5, 5.41) is 7.43. The van der Waals surface area contributed by atoms with E-state index in [0.717, 1.165) is 23.1 Å². The van der Waals surface area contributed by atoms with Gasteiger partial charge in [-0.2, -0.15) is 0 Å². The van der Waals surface area contributed by atoms with Crippen molar-refractivity contribution in [3.05, 3.63) is 34.9 Å². The monoisotopic (exact) mass is 311 g/mol. The van der Waals surface area contributed by atoms with Crippen LogP contribution in [0.1, 0.15) is 26.3 Å².